The first-order chi connectivity index (χ1) is 10.1. The number of nitrogens with one attached hydrogen (secondary N) is 2. The van der Waals surface area contributed by atoms with Gasteiger partial charge in [0.1, 0.15) is 0 Å². The van der Waals surface area contributed by atoms with E-state index in [1.54, 1.807) is 0 Å². The zero-order valence-electron chi connectivity index (χ0n) is 13.2. The van der Waals surface area contributed by atoms with Crippen LogP contribution in [-0.4, -0.2) is 36.6 Å². The molecule has 2 N–H and O–H groups in total. The minimum Gasteiger partial charge on any atom is -0.338 e. The molecule has 1 aromatic carbocycles. The summed E-state index contributed by atoms with van der Waals surface area (Å²) in [6.45, 7) is 7.32. The molecule has 1 heterocycles. The predicted molar refractivity (Wildman–Crippen MR) is 87.7 cm³/mol. The minimum absolute atomic E-state index is 0.118. The molecule has 1 unspecified atom stereocenters. The van der Waals surface area contributed by atoms with Crippen molar-refractivity contribution in [1.82, 2.24) is 10.2 Å². The molecule has 0 aliphatic carbocycles. The van der Waals surface area contributed by atoms with Gasteiger partial charge < -0.3 is 15.5 Å². The van der Waals surface area contributed by atoms with Crippen molar-refractivity contribution in [3.8, 4) is 0 Å². The standard InChI is InChI=1S/C17H27N3O/c1-14-7-5-9-16(13-14)19-17(21)18-10-6-12-20-11-4-3-8-15(20)2/h5,7,9,13,15H,3-4,6,8,10-12H2,1-2H3,(H2,18,19,21). The maximum absolute atomic E-state index is 11.8. The van der Waals surface area contributed by atoms with Crippen LogP contribution in [0.5, 0.6) is 0 Å². The molecule has 1 aromatic rings. The fraction of sp³-hybridized carbons (Fsp3) is 0.588. The van der Waals surface area contributed by atoms with Crippen LogP contribution in [0.25, 0.3) is 0 Å². The summed E-state index contributed by atoms with van der Waals surface area (Å²) in [7, 11) is 0. The zero-order chi connectivity index (χ0) is 15.1. The monoisotopic (exact) mass is 289 g/mol. The number of nitrogens with zero attached hydrogens (tertiary/aromatic N) is 1. The van der Waals surface area contributed by atoms with Gasteiger partial charge in [-0.05, 0) is 57.4 Å². The first kappa shape index (κ1) is 15.8. The van der Waals surface area contributed by atoms with Gasteiger partial charge in [0, 0.05) is 24.8 Å². The molecular weight excluding hydrogens is 262 g/mol. The van der Waals surface area contributed by atoms with Gasteiger partial charge in [0.15, 0.2) is 0 Å². The van der Waals surface area contributed by atoms with Gasteiger partial charge in [-0.1, -0.05) is 18.6 Å². The maximum atomic E-state index is 11.8. The number of carbonyl (C=O) groups excluding carboxylic acids is 1. The first-order valence-corrected chi connectivity index (χ1v) is 8.01. The fourth-order valence-electron chi connectivity index (χ4n) is 2.87. The average molecular weight is 289 g/mol. The quantitative estimate of drug-likeness (QED) is 0.816. The van der Waals surface area contributed by atoms with Crippen LogP contribution in [0.1, 0.15) is 38.2 Å². The van der Waals surface area contributed by atoms with Crippen molar-refractivity contribution >= 4 is 11.7 Å². The second kappa shape index (κ2) is 8.03. The normalized spacial score (nSPS) is 19.2. The van der Waals surface area contributed by atoms with Crippen LogP contribution in [0, 0.1) is 6.92 Å². The summed E-state index contributed by atoms with van der Waals surface area (Å²) in [4.78, 5) is 14.3. The molecule has 1 aliphatic heterocycles. The minimum atomic E-state index is -0.118. The van der Waals surface area contributed by atoms with Crippen molar-refractivity contribution in [3.05, 3.63) is 29.8 Å². The summed E-state index contributed by atoms with van der Waals surface area (Å²) in [5.41, 5.74) is 1.99. The first-order valence-electron chi connectivity index (χ1n) is 8.01. The molecule has 0 radical (unpaired) electrons. The van der Waals surface area contributed by atoms with Crippen LogP contribution in [0.3, 0.4) is 0 Å². The molecule has 2 amide bonds. The maximum Gasteiger partial charge on any atom is 0.319 e. The van der Waals surface area contributed by atoms with Gasteiger partial charge >= 0.3 is 6.03 Å². The molecule has 1 aliphatic rings. The number of rotatable bonds is 5. The molecule has 4 nitrogen and oxygen atoms in total. The lowest BCUT2D eigenvalue weighted by Gasteiger charge is -2.33. The van der Waals surface area contributed by atoms with Crippen molar-refractivity contribution < 1.29 is 4.79 Å². The summed E-state index contributed by atoms with van der Waals surface area (Å²) in [6.07, 6.45) is 4.98. The number of carbonyl (C=O) groups is 1. The largest absolute Gasteiger partial charge is 0.338 e. The van der Waals surface area contributed by atoms with Gasteiger partial charge in [0.05, 0.1) is 0 Å². The Labute approximate surface area is 127 Å². The number of benzene rings is 1. The van der Waals surface area contributed by atoms with E-state index in [1.807, 2.05) is 31.2 Å². The number of piperidine rings is 1. The Balaban J connectivity index is 1.63. The number of likely N-dealkylation sites (tertiary alicyclic amines) is 1. The van der Waals surface area contributed by atoms with E-state index >= 15 is 0 Å². The molecular formula is C17H27N3O. The molecule has 2 rings (SSSR count). The molecule has 0 aromatic heterocycles. The third-order valence-corrected chi connectivity index (χ3v) is 4.12. The third-order valence-electron chi connectivity index (χ3n) is 4.12. The third kappa shape index (κ3) is 5.38. The molecule has 1 saturated heterocycles. The lowest BCUT2D eigenvalue weighted by atomic mass is 10.0. The van der Waals surface area contributed by atoms with Gasteiger partial charge in [-0.15, -0.1) is 0 Å². The van der Waals surface area contributed by atoms with E-state index in [1.165, 1.54) is 25.8 Å². The van der Waals surface area contributed by atoms with Crippen LogP contribution in [0.2, 0.25) is 0 Å². The Morgan fingerprint density at radius 1 is 1.38 bits per heavy atom. The Bertz CT molecular complexity index is 461. The Morgan fingerprint density at radius 2 is 2.24 bits per heavy atom. The van der Waals surface area contributed by atoms with Crippen LogP contribution in [-0.2, 0) is 0 Å². The number of urea groups is 1. The molecule has 1 fully saturated rings. The molecule has 0 saturated carbocycles. The van der Waals surface area contributed by atoms with E-state index in [0.29, 0.717) is 6.04 Å². The second-order valence-electron chi connectivity index (χ2n) is 5.98. The van der Waals surface area contributed by atoms with Crippen LogP contribution in [0.15, 0.2) is 24.3 Å². The highest BCUT2D eigenvalue weighted by Gasteiger charge is 2.17. The van der Waals surface area contributed by atoms with E-state index in [0.717, 1.165) is 30.8 Å². The summed E-state index contributed by atoms with van der Waals surface area (Å²) < 4.78 is 0. The smallest absolute Gasteiger partial charge is 0.319 e. The number of hydrogen-bond acceptors (Lipinski definition) is 2. The SMILES string of the molecule is Cc1cccc(NC(=O)NCCCN2CCCCC2C)c1. The molecule has 0 spiro atoms. The van der Waals surface area contributed by atoms with E-state index in [-0.39, 0.29) is 6.03 Å². The van der Waals surface area contributed by atoms with Crippen molar-refractivity contribution in [2.75, 3.05) is 25.0 Å². The van der Waals surface area contributed by atoms with Crippen molar-refractivity contribution in [1.29, 1.82) is 0 Å². The topological polar surface area (TPSA) is 44.4 Å². The van der Waals surface area contributed by atoms with Gasteiger partial charge in [-0.3, -0.25) is 0 Å². The van der Waals surface area contributed by atoms with Crippen LogP contribution < -0.4 is 10.6 Å². The summed E-state index contributed by atoms with van der Waals surface area (Å²) >= 11 is 0. The van der Waals surface area contributed by atoms with Crippen LogP contribution >= 0.6 is 0 Å². The molecule has 21 heavy (non-hydrogen) atoms. The lowest BCUT2D eigenvalue weighted by molar-refractivity contribution is 0.159. The van der Waals surface area contributed by atoms with E-state index in [2.05, 4.69) is 22.5 Å². The van der Waals surface area contributed by atoms with Gasteiger partial charge in [-0.25, -0.2) is 4.79 Å². The Kier molecular flexibility index (Phi) is 6.05. The highest BCUT2D eigenvalue weighted by molar-refractivity contribution is 5.89. The molecule has 0 bridgehead atoms. The van der Waals surface area contributed by atoms with Crippen molar-refractivity contribution in [3.63, 3.8) is 0 Å². The number of aryl methyl sites for hydroxylation is 1. The van der Waals surface area contributed by atoms with E-state index < -0.39 is 0 Å². The van der Waals surface area contributed by atoms with Gasteiger partial charge in [0.2, 0.25) is 0 Å². The summed E-state index contributed by atoms with van der Waals surface area (Å²) in [5, 5.41) is 5.79. The number of anilines is 1. The molecule has 116 valence electrons. The predicted octanol–water partition coefficient (Wildman–Crippen LogP) is 3.38. The van der Waals surface area contributed by atoms with Gasteiger partial charge in [-0.2, -0.15) is 0 Å². The average Bonchev–Trinajstić information content (AvgIpc) is 2.45. The van der Waals surface area contributed by atoms with Crippen LogP contribution in [0.4, 0.5) is 10.5 Å². The number of hydrogen-bond donors (Lipinski definition) is 2. The highest BCUT2D eigenvalue weighted by atomic mass is 16.2. The van der Waals surface area contributed by atoms with E-state index in [9.17, 15) is 4.79 Å². The van der Waals surface area contributed by atoms with E-state index in [4.69, 9.17) is 0 Å². The van der Waals surface area contributed by atoms with Crippen molar-refractivity contribution in [2.24, 2.45) is 0 Å². The lowest BCUT2D eigenvalue weighted by Crippen LogP contribution is -2.39. The Morgan fingerprint density at radius 3 is 3.00 bits per heavy atom. The highest BCUT2D eigenvalue weighted by Crippen LogP contribution is 2.16. The second-order valence-corrected chi connectivity index (χ2v) is 5.98. The summed E-state index contributed by atoms with van der Waals surface area (Å²) in [6, 6.07) is 8.41. The molecule has 4 heteroatoms. The van der Waals surface area contributed by atoms with Gasteiger partial charge in [0.25, 0.3) is 0 Å². The summed E-state index contributed by atoms with van der Waals surface area (Å²) in [5.74, 6) is 0. The zero-order valence-corrected chi connectivity index (χ0v) is 13.2. The fourth-order valence-corrected chi connectivity index (χ4v) is 2.87. The molecule has 1 atom stereocenters. The Hall–Kier alpha value is -1.55. The van der Waals surface area contributed by atoms with Crippen molar-refractivity contribution in [2.45, 2.75) is 45.6 Å². The number of amides is 2.